The smallest absolute Gasteiger partial charge is 0.267 e. The second-order valence-electron chi connectivity index (χ2n) is 6.05. The maximum Gasteiger partial charge on any atom is 0.267 e. The van der Waals surface area contributed by atoms with Crippen molar-refractivity contribution in [2.75, 3.05) is 20.2 Å². The Kier molecular flexibility index (Phi) is 4.01. The Hall–Kier alpha value is -1.03. The maximum atomic E-state index is 12.8. The first kappa shape index (κ1) is 13.9. The van der Waals surface area contributed by atoms with Crippen molar-refractivity contribution in [2.24, 2.45) is 5.92 Å². The summed E-state index contributed by atoms with van der Waals surface area (Å²) in [6.45, 7) is 4.06. The molecule has 1 amide bonds. The molecule has 2 aliphatic rings. The Morgan fingerprint density at radius 3 is 2.65 bits per heavy atom. The number of rotatable bonds is 2. The summed E-state index contributed by atoms with van der Waals surface area (Å²) in [6.07, 6.45) is 6.89. The quantitative estimate of drug-likeness (QED) is 0.835. The van der Waals surface area contributed by atoms with E-state index in [1.807, 2.05) is 4.90 Å². The zero-order chi connectivity index (χ0) is 14.1. The van der Waals surface area contributed by atoms with Gasteiger partial charge < -0.3 is 9.64 Å². The van der Waals surface area contributed by atoms with E-state index in [1.165, 1.54) is 23.3 Å². The molecule has 1 aromatic rings. The third-order valence-corrected chi connectivity index (χ3v) is 5.85. The summed E-state index contributed by atoms with van der Waals surface area (Å²) in [4.78, 5) is 17.0. The number of carbonyl (C=O) groups is 1. The van der Waals surface area contributed by atoms with Crippen LogP contribution in [-0.2, 0) is 12.8 Å². The number of aryl methyl sites for hydroxylation is 1. The van der Waals surface area contributed by atoms with Crippen molar-refractivity contribution in [1.82, 2.24) is 4.90 Å². The summed E-state index contributed by atoms with van der Waals surface area (Å²) in [6, 6.07) is 0. The number of hydrogen-bond donors (Lipinski definition) is 0. The van der Waals surface area contributed by atoms with E-state index in [0.717, 1.165) is 55.3 Å². The lowest BCUT2D eigenvalue weighted by molar-refractivity contribution is 0.0699. The van der Waals surface area contributed by atoms with Gasteiger partial charge in [-0.3, -0.25) is 4.79 Å². The average molecular weight is 293 g/mol. The number of nitrogens with zero attached hydrogens (tertiary/aromatic N) is 1. The third-order valence-electron chi connectivity index (χ3n) is 4.59. The molecule has 20 heavy (non-hydrogen) atoms. The van der Waals surface area contributed by atoms with Gasteiger partial charge in [0.1, 0.15) is 10.6 Å². The number of piperidine rings is 1. The predicted molar refractivity (Wildman–Crippen MR) is 81.8 cm³/mol. The Bertz CT molecular complexity index is 501. The van der Waals surface area contributed by atoms with Gasteiger partial charge in [0.25, 0.3) is 5.91 Å². The van der Waals surface area contributed by atoms with E-state index in [9.17, 15) is 4.79 Å². The predicted octanol–water partition coefficient (Wildman–Crippen LogP) is 3.51. The first-order chi connectivity index (χ1) is 9.70. The lowest BCUT2D eigenvalue weighted by Crippen LogP contribution is -2.37. The minimum atomic E-state index is 0.188. The molecule has 1 aliphatic carbocycles. The monoisotopic (exact) mass is 293 g/mol. The molecule has 4 heteroatoms. The number of likely N-dealkylation sites (tertiary alicyclic amines) is 1. The highest BCUT2D eigenvalue weighted by Gasteiger charge is 2.29. The molecule has 0 bridgehead atoms. The molecule has 3 nitrogen and oxygen atoms in total. The van der Waals surface area contributed by atoms with Crippen molar-refractivity contribution in [1.29, 1.82) is 0 Å². The van der Waals surface area contributed by atoms with Crippen LogP contribution in [0, 0.1) is 5.92 Å². The van der Waals surface area contributed by atoms with Gasteiger partial charge in [0, 0.05) is 23.5 Å². The van der Waals surface area contributed by atoms with Gasteiger partial charge in [-0.15, -0.1) is 11.3 Å². The zero-order valence-corrected chi connectivity index (χ0v) is 13.2. The average Bonchev–Trinajstić information content (AvgIpc) is 2.85. The molecule has 1 fully saturated rings. The number of amides is 1. The fraction of sp³-hybridized carbons (Fsp3) is 0.688. The van der Waals surface area contributed by atoms with Gasteiger partial charge in [-0.05, 0) is 44.4 Å². The van der Waals surface area contributed by atoms with Gasteiger partial charge in [-0.2, -0.15) is 0 Å². The van der Waals surface area contributed by atoms with Crippen LogP contribution in [0.1, 0.15) is 52.7 Å². The summed E-state index contributed by atoms with van der Waals surface area (Å²) in [7, 11) is 1.70. The molecule has 110 valence electrons. The molecule has 0 atom stereocenters. The van der Waals surface area contributed by atoms with Crippen molar-refractivity contribution < 1.29 is 9.53 Å². The Balaban J connectivity index is 1.86. The molecule has 0 radical (unpaired) electrons. The van der Waals surface area contributed by atoms with Gasteiger partial charge in [0.05, 0.1) is 7.11 Å². The SMILES string of the molecule is COc1c(C(=O)N2CCC(C)CC2)sc2c1CCCC2. The van der Waals surface area contributed by atoms with Crippen molar-refractivity contribution in [3.8, 4) is 5.75 Å². The number of methoxy groups -OCH3 is 1. The van der Waals surface area contributed by atoms with Crippen LogP contribution < -0.4 is 4.74 Å². The normalized spacial score (nSPS) is 19.8. The van der Waals surface area contributed by atoms with E-state index in [-0.39, 0.29) is 5.91 Å². The lowest BCUT2D eigenvalue weighted by Gasteiger charge is -2.30. The molecule has 0 spiro atoms. The van der Waals surface area contributed by atoms with Crippen molar-refractivity contribution in [3.05, 3.63) is 15.3 Å². The summed E-state index contributed by atoms with van der Waals surface area (Å²) < 4.78 is 5.58. The molecule has 0 unspecified atom stereocenters. The molecule has 2 heterocycles. The van der Waals surface area contributed by atoms with Crippen molar-refractivity contribution in [3.63, 3.8) is 0 Å². The summed E-state index contributed by atoms with van der Waals surface area (Å²) >= 11 is 1.67. The number of thiophene rings is 1. The fourth-order valence-corrected chi connectivity index (χ4v) is 4.58. The van der Waals surface area contributed by atoms with Crippen LogP contribution in [0.15, 0.2) is 0 Å². The molecule has 1 aliphatic heterocycles. The topological polar surface area (TPSA) is 29.5 Å². The number of fused-ring (bicyclic) bond motifs is 1. The number of carbonyl (C=O) groups excluding carboxylic acids is 1. The van der Waals surface area contributed by atoms with Crippen LogP contribution in [0.2, 0.25) is 0 Å². The molecule has 0 N–H and O–H groups in total. The summed E-state index contributed by atoms with van der Waals surface area (Å²) in [5.41, 5.74) is 1.30. The second kappa shape index (κ2) is 5.76. The standard InChI is InChI=1S/C16H23NO2S/c1-11-7-9-17(10-8-11)16(18)15-14(19-2)12-5-3-4-6-13(12)20-15/h11H,3-10H2,1-2H3. The molecule has 0 aromatic carbocycles. The molecule has 0 saturated carbocycles. The van der Waals surface area contributed by atoms with E-state index < -0.39 is 0 Å². The van der Waals surface area contributed by atoms with Crippen molar-refractivity contribution >= 4 is 17.2 Å². The van der Waals surface area contributed by atoms with Crippen LogP contribution in [0.3, 0.4) is 0 Å². The molecular formula is C16H23NO2S. The highest BCUT2D eigenvalue weighted by atomic mass is 32.1. The van der Waals surface area contributed by atoms with Gasteiger partial charge >= 0.3 is 0 Å². The third kappa shape index (κ3) is 2.46. The van der Waals surface area contributed by atoms with Crippen LogP contribution in [0.4, 0.5) is 0 Å². The molecule has 1 aromatic heterocycles. The van der Waals surface area contributed by atoms with Gasteiger partial charge in [0.15, 0.2) is 0 Å². The first-order valence-electron chi connectivity index (χ1n) is 7.68. The molecule has 3 rings (SSSR count). The highest BCUT2D eigenvalue weighted by molar-refractivity contribution is 7.14. The Labute approximate surface area is 124 Å². The lowest BCUT2D eigenvalue weighted by atomic mass is 9.97. The van der Waals surface area contributed by atoms with Crippen LogP contribution in [0.25, 0.3) is 0 Å². The minimum Gasteiger partial charge on any atom is -0.495 e. The number of hydrogen-bond acceptors (Lipinski definition) is 3. The van der Waals surface area contributed by atoms with E-state index >= 15 is 0 Å². The van der Waals surface area contributed by atoms with E-state index in [2.05, 4.69) is 6.92 Å². The zero-order valence-electron chi connectivity index (χ0n) is 12.4. The van der Waals surface area contributed by atoms with Crippen LogP contribution >= 0.6 is 11.3 Å². The fourth-order valence-electron chi connectivity index (χ4n) is 3.25. The first-order valence-corrected chi connectivity index (χ1v) is 8.50. The second-order valence-corrected chi connectivity index (χ2v) is 7.15. The van der Waals surface area contributed by atoms with E-state index in [1.54, 1.807) is 18.4 Å². The largest absolute Gasteiger partial charge is 0.495 e. The molecule has 1 saturated heterocycles. The maximum absolute atomic E-state index is 12.8. The number of ether oxygens (including phenoxy) is 1. The van der Waals surface area contributed by atoms with Crippen molar-refractivity contribution in [2.45, 2.75) is 45.4 Å². The Morgan fingerprint density at radius 1 is 1.25 bits per heavy atom. The Morgan fingerprint density at radius 2 is 1.95 bits per heavy atom. The summed E-state index contributed by atoms with van der Waals surface area (Å²) in [5, 5.41) is 0. The molecular weight excluding hydrogens is 270 g/mol. The van der Waals surface area contributed by atoms with Crippen LogP contribution in [-0.4, -0.2) is 31.0 Å². The van der Waals surface area contributed by atoms with Gasteiger partial charge in [-0.25, -0.2) is 0 Å². The van der Waals surface area contributed by atoms with Gasteiger partial charge in [-0.1, -0.05) is 6.92 Å². The van der Waals surface area contributed by atoms with Crippen LogP contribution in [0.5, 0.6) is 5.75 Å². The van der Waals surface area contributed by atoms with Gasteiger partial charge in [0.2, 0.25) is 0 Å². The van der Waals surface area contributed by atoms with E-state index in [0.29, 0.717) is 0 Å². The minimum absolute atomic E-state index is 0.188. The van der Waals surface area contributed by atoms with E-state index in [4.69, 9.17) is 4.74 Å². The summed E-state index contributed by atoms with van der Waals surface area (Å²) in [5.74, 6) is 1.80. The highest BCUT2D eigenvalue weighted by Crippen LogP contribution is 2.40.